The van der Waals surface area contributed by atoms with Crippen molar-refractivity contribution in [3.05, 3.63) is 59.2 Å². The van der Waals surface area contributed by atoms with E-state index in [0.717, 1.165) is 59.6 Å². The molecule has 1 N–H and O–H groups in total. The third kappa shape index (κ3) is 13.4. The largest absolute Gasteiger partial charge is 0.463 e. The van der Waals surface area contributed by atoms with Gasteiger partial charge in [0.25, 0.3) is 5.91 Å². The Labute approximate surface area is 378 Å². The van der Waals surface area contributed by atoms with E-state index in [9.17, 15) is 43.2 Å². The van der Waals surface area contributed by atoms with E-state index >= 15 is 0 Å². The van der Waals surface area contributed by atoms with E-state index in [-0.39, 0.29) is 37.7 Å². The van der Waals surface area contributed by atoms with E-state index in [1.807, 2.05) is 12.1 Å². The van der Waals surface area contributed by atoms with Crippen LogP contribution in [0.15, 0.2) is 42.5 Å². The molecule has 0 bridgehead atoms. The molecule has 2 saturated heterocycles. The van der Waals surface area contributed by atoms with Crippen LogP contribution in [-0.2, 0) is 90.4 Å². The van der Waals surface area contributed by atoms with Crippen molar-refractivity contribution in [2.24, 2.45) is 0 Å². The number of carbonyl (C=O) groups excluding carboxylic acids is 9. The number of nitrogens with one attached hydrogen (secondary N) is 1. The molecule has 0 aromatic heterocycles. The van der Waals surface area contributed by atoms with Crippen LogP contribution in [0, 0.1) is 0 Å². The molecule has 0 radical (unpaired) electrons. The van der Waals surface area contributed by atoms with E-state index in [2.05, 4.69) is 5.32 Å². The van der Waals surface area contributed by atoms with Gasteiger partial charge in [0.15, 0.2) is 55.0 Å². The van der Waals surface area contributed by atoms with Crippen molar-refractivity contribution in [3.63, 3.8) is 0 Å². The summed E-state index contributed by atoms with van der Waals surface area (Å²) in [4.78, 5) is 112. The van der Waals surface area contributed by atoms with Gasteiger partial charge in [0.05, 0.1) is 26.4 Å². The Kier molecular flexibility index (Phi) is 17.8. The molecule has 358 valence electrons. The first-order chi connectivity index (χ1) is 31.3. The topological polar surface area (TPSA) is 276 Å². The Morgan fingerprint density at radius 2 is 0.970 bits per heavy atom. The molecule has 22 heteroatoms. The number of amides is 1. The first-order valence-electron chi connectivity index (χ1n) is 20.7. The number of hydrogen-bond acceptors (Lipinski definition) is 21. The van der Waals surface area contributed by atoms with Crippen molar-refractivity contribution in [3.8, 4) is 11.1 Å². The number of hydrogen-bond donors (Lipinski definition) is 1. The zero-order valence-corrected chi connectivity index (χ0v) is 37.1. The molecule has 0 unspecified atom stereocenters. The number of ether oxygens (including phenoxy) is 12. The zero-order valence-electron chi connectivity index (χ0n) is 37.1. The molecule has 0 saturated carbocycles. The SMILES string of the molecule is CC(=O)OC[C@H]1O[C@H](OC[C@H]2O[C@H](OCCOCCNC(=O)c3ccc4c(c3)C(=O)c3ccccc3-4)[C@H](OC(C)=O)[C@@H](OC(C)=O)[C@@H]2OC(C)=O)[C@H](OC(C)=O)[C@@H](OC(C)=O)[C@@H]1OC(C)=O. The Balaban J connectivity index is 1.28. The van der Waals surface area contributed by atoms with Crippen molar-refractivity contribution in [2.45, 2.75) is 110 Å². The highest BCUT2D eigenvalue weighted by molar-refractivity contribution is 6.22. The van der Waals surface area contributed by atoms with Gasteiger partial charge in [-0.05, 0) is 23.3 Å². The number of rotatable bonds is 19. The predicted molar refractivity (Wildman–Crippen MR) is 218 cm³/mol. The second-order valence-corrected chi connectivity index (χ2v) is 15.0. The molecule has 2 heterocycles. The van der Waals surface area contributed by atoms with E-state index < -0.39 is 122 Å². The third-order valence-electron chi connectivity index (χ3n) is 9.90. The summed E-state index contributed by atoms with van der Waals surface area (Å²) in [7, 11) is 0. The Morgan fingerprint density at radius 3 is 1.50 bits per heavy atom. The molecule has 2 aromatic rings. The van der Waals surface area contributed by atoms with E-state index in [1.54, 1.807) is 30.3 Å². The molecule has 22 nitrogen and oxygen atoms in total. The van der Waals surface area contributed by atoms with Crippen molar-refractivity contribution < 1.29 is 100.0 Å². The van der Waals surface area contributed by atoms with Crippen LogP contribution >= 0.6 is 0 Å². The Morgan fingerprint density at radius 1 is 0.500 bits per heavy atom. The van der Waals surface area contributed by atoms with Crippen molar-refractivity contribution >= 4 is 53.5 Å². The first kappa shape index (κ1) is 50.7. The highest BCUT2D eigenvalue weighted by Gasteiger charge is 2.55. The molecular formula is C44H51NO21. The van der Waals surface area contributed by atoms with Crippen LogP contribution in [0.3, 0.4) is 0 Å². The van der Waals surface area contributed by atoms with Crippen LogP contribution < -0.4 is 5.32 Å². The Bertz CT molecular complexity index is 2160. The standard InChI is InChI=1S/C44H51NO21/c1-21(46)57-19-33-36(59-22(2)47)39(62-25(5)50)41(64-27(7)52)44(66-33)58-20-34-37(60-23(3)48)38(61-24(4)49)40(63-26(6)51)43(65-34)56-17-16-55-15-14-45-42(54)28-12-13-30-29-10-8-9-11-31(29)35(53)32(30)18-28/h8-13,18,33-34,36-41,43-44H,14-17,19-20H2,1-7H3,(H,45,54)/t33-,34-,36-,37-,38+,39+,40-,41-,43+,44+/m1/s1. The van der Waals surface area contributed by atoms with Crippen LogP contribution in [0.4, 0.5) is 0 Å². The highest BCUT2D eigenvalue weighted by atomic mass is 16.8. The maximum atomic E-state index is 13.0. The fraction of sp³-hybridized carbons (Fsp3) is 0.523. The summed E-state index contributed by atoms with van der Waals surface area (Å²) in [6, 6.07) is 12.1. The summed E-state index contributed by atoms with van der Waals surface area (Å²) < 4.78 is 67.8. The van der Waals surface area contributed by atoms with Gasteiger partial charge in [-0.15, -0.1) is 0 Å². The van der Waals surface area contributed by atoms with Crippen LogP contribution in [0.5, 0.6) is 0 Å². The second-order valence-electron chi connectivity index (χ2n) is 15.0. The summed E-state index contributed by atoms with van der Waals surface area (Å²) in [5.41, 5.74) is 2.83. The number of esters is 7. The van der Waals surface area contributed by atoms with Gasteiger partial charge in [-0.2, -0.15) is 0 Å². The van der Waals surface area contributed by atoms with Gasteiger partial charge in [-0.25, -0.2) is 0 Å². The summed E-state index contributed by atoms with van der Waals surface area (Å²) in [6.45, 7) is 5.95. The van der Waals surface area contributed by atoms with Crippen molar-refractivity contribution in [2.75, 3.05) is 39.6 Å². The minimum atomic E-state index is -1.69. The second kappa shape index (κ2) is 23.2. The summed E-state index contributed by atoms with van der Waals surface area (Å²) in [5.74, 6) is -6.60. The number of carbonyl (C=O) groups is 9. The quantitative estimate of drug-likeness (QED) is 0.101. The first-order valence-corrected chi connectivity index (χ1v) is 20.7. The normalized spacial score (nSPS) is 25.2. The average molecular weight is 930 g/mol. The zero-order chi connectivity index (χ0) is 48.2. The molecule has 2 fully saturated rings. The minimum Gasteiger partial charge on any atom is -0.463 e. The van der Waals surface area contributed by atoms with Crippen LogP contribution in [0.1, 0.15) is 74.7 Å². The molecule has 1 aliphatic carbocycles. The minimum absolute atomic E-state index is 0.0142. The van der Waals surface area contributed by atoms with Crippen LogP contribution in [0.25, 0.3) is 11.1 Å². The lowest BCUT2D eigenvalue weighted by Crippen LogP contribution is -2.65. The lowest BCUT2D eigenvalue weighted by molar-refractivity contribution is -0.335. The number of benzene rings is 2. The van der Waals surface area contributed by atoms with Gasteiger partial charge in [0.2, 0.25) is 0 Å². The van der Waals surface area contributed by atoms with Gasteiger partial charge in [0, 0.05) is 71.7 Å². The molecule has 5 rings (SSSR count). The summed E-state index contributed by atoms with van der Waals surface area (Å²) in [6.07, 6.45) is -15.4. The maximum absolute atomic E-state index is 13.0. The molecule has 3 aliphatic rings. The van der Waals surface area contributed by atoms with Gasteiger partial charge >= 0.3 is 41.8 Å². The average Bonchev–Trinajstić information content (AvgIpc) is 3.52. The molecule has 0 spiro atoms. The molecular weight excluding hydrogens is 878 g/mol. The fourth-order valence-corrected chi connectivity index (χ4v) is 7.47. The third-order valence-corrected chi connectivity index (χ3v) is 9.90. The summed E-state index contributed by atoms with van der Waals surface area (Å²) >= 11 is 0. The lowest BCUT2D eigenvalue weighted by Gasteiger charge is -2.46. The van der Waals surface area contributed by atoms with Crippen molar-refractivity contribution in [1.29, 1.82) is 0 Å². The number of ketones is 1. The molecule has 1 amide bonds. The summed E-state index contributed by atoms with van der Waals surface area (Å²) in [5, 5.41) is 2.73. The lowest BCUT2D eigenvalue weighted by atomic mass is 9.97. The Hall–Kier alpha value is -6.33. The van der Waals surface area contributed by atoms with Crippen LogP contribution in [-0.4, -0.2) is 154 Å². The number of fused-ring (bicyclic) bond motifs is 3. The fourth-order valence-electron chi connectivity index (χ4n) is 7.47. The van der Waals surface area contributed by atoms with Gasteiger partial charge in [-0.3, -0.25) is 43.2 Å². The monoisotopic (exact) mass is 929 g/mol. The van der Waals surface area contributed by atoms with Gasteiger partial charge in [0.1, 0.15) is 18.8 Å². The van der Waals surface area contributed by atoms with E-state index in [1.165, 1.54) is 0 Å². The highest BCUT2D eigenvalue weighted by Crippen LogP contribution is 2.37. The van der Waals surface area contributed by atoms with E-state index in [0.29, 0.717) is 11.1 Å². The molecule has 2 aromatic carbocycles. The van der Waals surface area contributed by atoms with Gasteiger partial charge < -0.3 is 62.2 Å². The molecule has 66 heavy (non-hydrogen) atoms. The van der Waals surface area contributed by atoms with Gasteiger partial charge in [-0.1, -0.05) is 30.3 Å². The van der Waals surface area contributed by atoms with Crippen LogP contribution in [0.2, 0.25) is 0 Å². The molecule has 2 aliphatic heterocycles. The predicted octanol–water partition coefficient (Wildman–Crippen LogP) is 1.28. The smallest absolute Gasteiger partial charge is 0.303 e. The van der Waals surface area contributed by atoms with Crippen molar-refractivity contribution in [1.82, 2.24) is 5.32 Å². The van der Waals surface area contributed by atoms with E-state index in [4.69, 9.17) is 56.8 Å². The maximum Gasteiger partial charge on any atom is 0.303 e. The molecule has 10 atom stereocenters.